The van der Waals surface area contributed by atoms with Gasteiger partial charge in [-0.1, -0.05) is 11.3 Å². The number of fused-ring (bicyclic) bond motifs is 1. The molecule has 0 aliphatic rings. The molecule has 3 aromatic heterocycles. The predicted octanol–water partition coefficient (Wildman–Crippen LogP) is 0.757. The zero-order valence-corrected chi connectivity index (χ0v) is 16.6. The molecular formula is C18H18F2N10O. The van der Waals surface area contributed by atoms with E-state index in [-0.39, 0.29) is 30.2 Å². The molecular weight excluding hydrogens is 410 g/mol. The Morgan fingerprint density at radius 1 is 1.29 bits per heavy atom. The molecule has 1 unspecified atom stereocenters. The summed E-state index contributed by atoms with van der Waals surface area (Å²) in [4.78, 5) is 21.2. The smallest absolute Gasteiger partial charge is 0.254 e. The maximum absolute atomic E-state index is 14.4. The van der Waals surface area contributed by atoms with E-state index >= 15 is 0 Å². The third-order valence-electron chi connectivity index (χ3n) is 4.85. The molecule has 1 atom stereocenters. The van der Waals surface area contributed by atoms with Gasteiger partial charge in [-0.15, -0.1) is 15.3 Å². The number of aromatic nitrogens is 8. The van der Waals surface area contributed by atoms with Crippen molar-refractivity contribution in [3.05, 3.63) is 58.2 Å². The summed E-state index contributed by atoms with van der Waals surface area (Å²) in [5, 5.41) is 20.3. The van der Waals surface area contributed by atoms with Gasteiger partial charge in [0.15, 0.2) is 5.82 Å². The van der Waals surface area contributed by atoms with Gasteiger partial charge in [-0.05, 0) is 19.9 Å². The number of H-pyrrole nitrogens is 1. The van der Waals surface area contributed by atoms with E-state index in [2.05, 4.69) is 41.0 Å². The molecule has 1 aromatic carbocycles. The second-order valence-corrected chi connectivity index (χ2v) is 6.94. The van der Waals surface area contributed by atoms with Crippen LogP contribution in [0.1, 0.15) is 34.4 Å². The molecule has 0 aliphatic heterocycles. The van der Waals surface area contributed by atoms with Crippen molar-refractivity contribution in [3.63, 3.8) is 0 Å². The van der Waals surface area contributed by atoms with E-state index in [0.717, 1.165) is 12.1 Å². The molecule has 13 heteroatoms. The number of amides is 1. The summed E-state index contributed by atoms with van der Waals surface area (Å²) in [5.74, 6) is -1.24. The lowest BCUT2D eigenvalue weighted by Gasteiger charge is -2.19. The highest BCUT2D eigenvalue weighted by Gasteiger charge is 2.23. The van der Waals surface area contributed by atoms with Crippen LogP contribution in [0.2, 0.25) is 0 Å². The van der Waals surface area contributed by atoms with Gasteiger partial charge in [0.05, 0.1) is 12.5 Å². The minimum Gasteiger partial charge on any atom is -0.366 e. The van der Waals surface area contributed by atoms with Gasteiger partial charge >= 0.3 is 0 Å². The Morgan fingerprint density at radius 2 is 2.10 bits per heavy atom. The SMILES string of the molecule is Cc1nc2nc(N)nn2c(C)c1CC(=O)NC(Cc1nn[nH]n1)c1ccc(F)cc1F. The summed E-state index contributed by atoms with van der Waals surface area (Å²) >= 11 is 0. The molecule has 0 radical (unpaired) electrons. The van der Waals surface area contributed by atoms with Gasteiger partial charge in [0, 0.05) is 35.0 Å². The number of nitrogens with two attached hydrogens (primary N) is 1. The van der Waals surface area contributed by atoms with Crippen molar-refractivity contribution in [2.75, 3.05) is 5.73 Å². The molecule has 11 nitrogen and oxygen atoms in total. The van der Waals surface area contributed by atoms with Crippen LogP contribution in [-0.2, 0) is 17.6 Å². The number of aryl methyl sites for hydroxylation is 2. The Labute approximate surface area is 174 Å². The lowest BCUT2D eigenvalue weighted by molar-refractivity contribution is -0.121. The Hall–Kier alpha value is -4.03. The largest absolute Gasteiger partial charge is 0.366 e. The number of nitrogen functional groups attached to an aromatic ring is 1. The molecule has 4 aromatic rings. The summed E-state index contributed by atoms with van der Waals surface area (Å²) in [6.07, 6.45) is 0.00554. The normalized spacial score (nSPS) is 12.3. The molecule has 3 heterocycles. The van der Waals surface area contributed by atoms with Crippen molar-refractivity contribution in [2.45, 2.75) is 32.7 Å². The summed E-state index contributed by atoms with van der Waals surface area (Å²) in [7, 11) is 0. The zero-order valence-electron chi connectivity index (χ0n) is 16.6. The van der Waals surface area contributed by atoms with E-state index in [1.165, 1.54) is 10.6 Å². The topological polar surface area (TPSA) is 153 Å². The number of anilines is 1. The fraction of sp³-hybridized carbons (Fsp3) is 0.278. The number of carbonyl (C=O) groups excluding carboxylic acids is 1. The lowest BCUT2D eigenvalue weighted by Crippen LogP contribution is -2.32. The van der Waals surface area contributed by atoms with Gasteiger partial charge in [-0.2, -0.15) is 14.7 Å². The maximum Gasteiger partial charge on any atom is 0.254 e. The number of benzene rings is 1. The second-order valence-electron chi connectivity index (χ2n) is 6.94. The number of hydrogen-bond acceptors (Lipinski definition) is 8. The standard InChI is InChI=1S/C18H18F2N10O/c1-8-12(9(2)30-18(22-8)24-17(21)27-30)6-16(31)23-14(7-15-25-28-29-26-15)11-4-3-10(19)5-13(11)20/h3-5,14H,6-7H2,1-2H3,(H2,21,27)(H,23,31)(H,25,26,28,29). The number of carbonyl (C=O) groups is 1. The number of halogens is 2. The molecule has 4 rings (SSSR count). The van der Waals surface area contributed by atoms with Crippen LogP contribution in [0.3, 0.4) is 0 Å². The van der Waals surface area contributed by atoms with Gasteiger partial charge in [-0.25, -0.2) is 13.8 Å². The Bertz CT molecular complexity index is 1250. The van der Waals surface area contributed by atoms with Crippen LogP contribution in [0.25, 0.3) is 5.78 Å². The Kier molecular flexibility index (Phi) is 5.23. The highest BCUT2D eigenvalue weighted by Crippen LogP contribution is 2.22. The molecule has 31 heavy (non-hydrogen) atoms. The van der Waals surface area contributed by atoms with Gasteiger partial charge < -0.3 is 11.1 Å². The van der Waals surface area contributed by atoms with E-state index in [1.807, 2.05) is 0 Å². The fourth-order valence-electron chi connectivity index (χ4n) is 3.36. The summed E-state index contributed by atoms with van der Waals surface area (Å²) in [5.41, 5.74) is 7.62. The van der Waals surface area contributed by atoms with Crippen molar-refractivity contribution in [1.82, 2.24) is 45.5 Å². The molecule has 160 valence electrons. The van der Waals surface area contributed by atoms with Gasteiger partial charge in [0.2, 0.25) is 11.9 Å². The zero-order chi connectivity index (χ0) is 22.1. The summed E-state index contributed by atoms with van der Waals surface area (Å²) in [6.45, 7) is 3.52. The number of nitrogens with one attached hydrogen (secondary N) is 2. The molecule has 0 saturated heterocycles. The van der Waals surface area contributed by atoms with Crippen molar-refractivity contribution in [3.8, 4) is 0 Å². The van der Waals surface area contributed by atoms with Crippen LogP contribution in [0.4, 0.5) is 14.7 Å². The van der Waals surface area contributed by atoms with E-state index in [4.69, 9.17) is 5.73 Å². The van der Waals surface area contributed by atoms with Crippen molar-refractivity contribution < 1.29 is 13.6 Å². The van der Waals surface area contributed by atoms with Gasteiger partial charge in [0.25, 0.3) is 5.78 Å². The maximum atomic E-state index is 14.4. The van der Waals surface area contributed by atoms with Gasteiger partial charge in [-0.3, -0.25) is 4.79 Å². The molecule has 1 amide bonds. The lowest BCUT2D eigenvalue weighted by atomic mass is 10.0. The van der Waals surface area contributed by atoms with Crippen molar-refractivity contribution >= 4 is 17.6 Å². The Balaban J connectivity index is 1.61. The third-order valence-corrected chi connectivity index (χ3v) is 4.85. The molecule has 0 saturated carbocycles. The first kappa shape index (κ1) is 20.3. The van der Waals surface area contributed by atoms with Crippen LogP contribution in [-0.4, -0.2) is 46.1 Å². The number of tetrazole rings is 1. The monoisotopic (exact) mass is 428 g/mol. The quantitative estimate of drug-likeness (QED) is 0.407. The van der Waals surface area contributed by atoms with Crippen LogP contribution in [0.15, 0.2) is 18.2 Å². The molecule has 0 aliphatic carbocycles. The average molecular weight is 428 g/mol. The predicted molar refractivity (Wildman–Crippen MR) is 103 cm³/mol. The van der Waals surface area contributed by atoms with E-state index < -0.39 is 23.6 Å². The highest BCUT2D eigenvalue weighted by molar-refractivity contribution is 5.79. The van der Waals surface area contributed by atoms with Crippen LogP contribution in [0.5, 0.6) is 0 Å². The average Bonchev–Trinajstić information content (AvgIpc) is 3.34. The van der Waals surface area contributed by atoms with Gasteiger partial charge in [0.1, 0.15) is 11.6 Å². The summed E-state index contributed by atoms with van der Waals surface area (Å²) < 4.78 is 29.2. The minimum absolute atomic E-state index is 0.0497. The van der Waals surface area contributed by atoms with Crippen LogP contribution >= 0.6 is 0 Å². The Morgan fingerprint density at radius 3 is 2.81 bits per heavy atom. The van der Waals surface area contributed by atoms with Crippen molar-refractivity contribution in [1.29, 1.82) is 0 Å². The third kappa shape index (κ3) is 4.15. The molecule has 0 spiro atoms. The van der Waals surface area contributed by atoms with E-state index in [0.29, 0.717) is 22.7 Å². The highest BCUT2D eigenvalue weighted by atomic mass is 19.1. The summed E-state index contributed by atoms with van der Waals surface area (Å²) in [6, 6.07) is 2.31. The van der Waals surface area contributed by atoms with E-state index in [9.17, 15) is 13.6 Å². The fourth-order valence-corrected chi connectivity index (χ4v) is 3.36. The molecule has 0 bridgehead atoms. The first-order valence-electron chi connectivity index (χ1n) is 9.26. The van der Waals surface area contributed by atoms with Crippen LogP contribution < -0.4 is 11.1 Å². The van der Waals surface area contributed by atoms with E-state index in [1.54, 1.807) is 13.8 Å². The second kappa shape index (κ2) is 8.01. The molecule has 4 N–H and O–H groups in total. The number of rotatable bonds is 6. The molecule has 0 fully saturated rings. The van der Waals surface area contributed by atoms with Crippen LogP contribution in [0, 0.1) is 25.5 Å². The number of aromatic amines is 1. The number of hydrogen-bond donors (Lipinski definition) is 3. The van der Waals surface area contributed by atoms with Crippen molar-refractivity contribution in [2.24, 2.45) is 0 Å². The first-order valence-corrected chi connectivity index (χ1v) is 9.26. The number of nitrogens with zero attached hydrogens (tertiary/aromatic N) is 7. The minimum atomic E-state index is -0.843. The first-order chi connectivity index (χ1) is 14.8.